The van der Waals surface area contributed by atoms with E-state index in [1.54, 1.807) is 13.2 Å². The summed E-state index contributed by atoms with van der Waals surface area (Å²) in [6.45, 7) is 4.08. The molecule has 2 rings (SSSR count). The van der Waals surface area contributed by atoms with E-state index in [4.69, 9.17) is 4.74 Å². The molecule has 0 bridgehead atoms. The summed E-state index contributed by atoms with van der Waals surface area (Å²) in [6.07, 6.45) is 3.65. The zero-order valence-corrected chi connectivity index (χ0v) is 11.3. The molecule has 1 saturated carbocycles. The number of halogens is 1. The van der Waals surface area contributed by atoms with Crippen LogP contribution in [-0.2, 0) is 5.60 Å². The first kappa shape index (κ1) is 13.3. The van der Waals surface area contributed by atoms with Crippen LogP contribution >= 0.6 is 0 Å². The molecule has 1 aromatic rings. The van der Waals surface area contributed by atoms with Gasteiger partial charge in [-0.05, 0) is 36.5 Å². The van der Waals surface area contributed by atoms with Crippen LogP contribution in [0.3, 0.4) is 0 Å². The smallest absolute Gasteiger partial charge is 0.125 e. The van der Waals surface area contributed by atoms with Crippen LogP contribution in [0.2, 0.25) is 0 Å². The molecular formula is C15H21FO2. The van der Waals surface area contributed by atoms with Crippen molar-refractivity contribution in [1.29, 1.82) is 0 Å². The van der Waals surface area contributed by atoms with Gasteiger partial charge in [0.15, 0.2) is 0 Å². The van der Waals surface area contributed by atoms with Crippen molar-refractivity contribution in [2.75, 3.05) is 7.11 Å². The third-order valence-electron chi connectivity index (χ3n) is 4.32. The van der Waals surface area contributed by atoms with Crippen LogP contribution in [0.4, 0.5) is 4.39 Å². The maximum atomic E-state index is 13.5. The molecule has 1 aliphatic rings. The van der Waals surface area contributed by atoms with Gasteiger partial charge < -0.3 is 9.84 Å². The van der Waals surface area contributed by atoms with E-state index in [0.717, 1.165) is 19.3 Å². The van der Waals surface area contributed by atoms with Crippen molar-refractivity contribution in [2.45, 2.75) is 45.1 Å². The highest BCUT2D eigenvalue weighted by molar-refractivity contribution is 5.40. The van der Waals surface area contributed by atoms with Crippen molar-refractivity contribution in [3.8, 4) is 5.75 Å². The molecule has 1 aromatic carbocycles. The summed E-state index contributed by atoms with van der Waals surface area (Å²) in [5.74, 6) is 0.231. The van der Waals surface area contributed by atoms with E-state index in [9.17, 15) is 9.50 Å². The standard InChI is InChI=1S/C15H21FO2/c1-14(2)8-4-5-9-15(14,17)12-10-11(16)6-7-13(12)18-3/h6-7,10,17H,4-5,8-9H2,1-3H3. The zero-order chi connectivity index (χ0) is 13.4. The lowest BCUT2D eigenvalue weighted by atomic mass is 9.62. The van der Waals surface area contributed by atoms with Crippen molar-refractivity contribution >= 4 is 0 Å². The number of aliphatic hydroxyl groups is 1. The molecule has 0 aromatic heterocycles. The summed E-state index contributed by atoms with van der Waals surface area (Å²) in [6, 6.07) is 4.36. The van der Waals surface area contributed by atoms with Gasteiger partial charge in [-0.3, -0.25) is 0 Å². The molecule has 0 aliphatic heterocycles. The van der Waals surface area contributed by atoms with Crippen LogP contribution in [0.5, 0.6) is 5.75 Å². The Balaban J connectivity index is 2.54. The lowest BCUT2D eigenvalue weighted by molar-refractivity contribution is -0.105. The molecule has 3 heteroatoms. The lowest BCUT2D eigenvalue weighted by Gasteiger charge is -2.47. The molecule has 0 radical (unpaired) electrons. The molecule has 0 saturated heterocycles. The molecule has 1 aliphatic carbocycles. The molecule has 1 N–H and O–H groups in total. The summed E-state index contributed by atoms with van der Waals surface area (Å²) in [4.78, 5) is 0. The Kier molecular flexibility index (Phi) is 3.37. The van der Waals surface area contributed by atoms with Crippen molar-refractivity contribution in [3.63, 3.8) is 0 Å². The average Bonchev–Trinajstić information content (AvgIpc) is 2.33. The largest absolute Gasteiger partial charge is 0.496 e. The van der Waals surface area contributed by atoms with Crippen LogP contribution in [0.15, 0.2) is 18.2 Å². The molecule has 1 unspecified atom stereocenters. The quantitative estimate of drug-likeness (QED) is 0.871. The maximum absolute atomic E-state index is 13.5. The van der Waals surface area contributed by atoms with Crippen molar-refractivity contribution in [1.82, 2.24) is 0 Å². The van der Waals surface area contributed by atoms with E-state index in [0.29, 0.717) is 17.7 Å². The van der Waals surface area contributed by atoms with Crippen molar-refractivity contribution in [3.05, 3.63) is 29.6 Å². The summed E-state index contributed by atoms with van der Waals surface area (Å²) in [7, 11) is 1.55. The van der Waals surface area contributed by atoms with E-state index < -0.39 is 5.60 Å². The monoisotopic (exact) mass is 252 g/mol. The average molecular weight is 252 g/mol. The first-order chi connectivity index (χ1) is 8.40. The van der Waals surface area contributed by atoms with Gasteiger partial charge in [0.25, 0.3) is 0 Å². The van der Waals surface area contributed by atoms with Gasteiger partial charge >= 0.3 is 0 Å². The summed E-state index contributed by atoms with van der Waals surface area (Å²) < 4.78 is 18.8. The first-order valence-electron chi connectivity index (χ1n) is 6.47. The van der Waals surface area contributed by atoms with Crippen LogP contribution in [-0.4, -0.2) is 12.2 Å². The second-order valence-corrected chi connectivity index (χ2v) is 5.80. The van der Waals surface area contributed by atoms with Crippen LogP contribution in [0.25, 0.3) is 0 Å². The van der Waals surface area contributed by atoms with Crippen molar-refractivity contribution in [2.24, 2.45) is 5.41 Å². The topological polar surface area (TPSA) is 29.5 Å². The molecule has 1 atom stereocenters. The predicted molar refractivity (Wildman–Crippen MR) is 69.1 cm³/mol. The summed E-state index contributed by atoms with van der Waals surface area (Å²) in [5, 5.41) is 11.1. The predicted octanol–water partition coefficient (Wildman–Crippen LogP) is 3.62. The Morgan fingerprint density at radius 1 is 1.22 bits per heavy atom. The highest BCUT2D eigenvalue weighted by atomic mass is 19.1. The summed E-state index contributed by atoms with van der Waals surface area (Å²) in [5.41, 5.74) is -0.708. The third kappa shape index (κ3) is 2.01. The lowest BCUT2D eigenvalue weighted by Crippen LogP contribution is -2.44. The Bertz CT molecular complexity index is 442. The normalized spacial score (nSPS) is 26.9. The number of hydrogen-bond donors (Lipinski definition) is 1. The minimum Gasteiger partial charge on any atom is -0.496 e. The van der Waals surface area contributed by atoms with Crippen LogP contribution in [0, 0.1) is 11.2 Å². The Morgan fingerprint density at radius 2 is 1.89 bits per heavy atom. The number of benzene rings is 1. The van der Waals surface area contributed by atoms with Crippen molar-refractivity contribution < 1.29 is 14.2 Å². The Morgan fingerprint density at radius 3 is 2.50 bits per heavy atom. The highest BCUT2D eigenvalue weighted by Gasteiger charge is 2.47. The number of ether oxygens (including phenoxy) is 1. The van der Waals surface area contributed by atoms with Crippen LogP contribution in [0.1, 0.15) is 45.1 Å². The number of rotatable bonds is 2. The minimum atomic E-state index is -1.02. The van der Waals surface area contributed by atoms with Gasteiger partial charge in [-0.15, -0.1) is 0 Å². The summed E-state index contributed by atoms with van der Waals surface area (Å²) >= 11 is 0. The van der Waals surface area contributed by atoms with E-state index in [1.807, 2.05) is 13.8 Å². The Labute approximate surface area is 108 Å². The number of hydrogen-bond acceptors (Lipinski definition) is 2. The first-order valence-corrected chi connectivity index (χ1v) is 6.47. The molecule has 0 amide bonds. The fourth-order valence-corrected chi connectivity index (χ4v) is 3.00. The Hall–Kier alpha value is -1.09. The minimum absolute atomic E-state index is 0.272. The molecule has 1 fully saturated rings. The second-order valence-electron chi connectivity index (χ2n) is 5.80. The van der Waals surface area contributed by atoms with Gasteiger partial charge in [0, 0.05) is 5.56 Å². The maximum Gasteiger partial charge on any atom is 0.125 e. The van der Waals surface area contributed by atoms with E-state index in [2.05, 4.69) is 0 Å². The molecule has 0 heterocycles. The van der Waals surface area contributed by atoms with Gasteiger partial charge in [-0.1, -0.05) is 26.7 Å². The van der Waals surface area contributed by atoms with E-state index >= 15 is 0 Å². The molecular weight excluding hydrogens is 231 g/mol. The van der Waals surface area contributed by atoms with Crippen LogP contribution < -0.4 is 4.74 Å². The molecule has 0 spiro atoms. The second kappa shape index (κ2) is 4.54. The molecule has 18 heavy (non-hydrogen) atoms. The zero-order valence-electron chi connectivity index (χ0n) is 11.3. The highest BCUT2D eigenvalue weighted by Crippen LogP contribution is 2.52. The van der Waals surface area contributed by atoms with Gasteiger partial charge in [0.05, 0.1) is 12.7 Å². The molecule has 2 nitrogen and oxygen atoms in total. The van der Waals surface area contributed by atoms with Gasteiger partial charge in [0.1, 0.15) is 11.6 Å². The third-order valence-corrected chi connectivity index (χ3v) is 4.32. The molecule has 100 valence electrons. The van der Waals surface area contributed by atoms with E-state index in [-0.39, 0.29) is 11.2 Å². The fraction of sp³-hybridized carbons (Fsp3) is 0.600. The van der Waals surface area contributed by atoms with Gasteiger partial charge in [-0.25, -0.2) is 4.39 Å². The van der Waals surface area contributed by atoms with Gasteiger partial charge in [-0.2, -0.15) is 0 Å². The fourth-order valence-electron chi connectivity index (χ4n) is 3.00. The van der Waals surface area contributed by atoms with Gasteiger partial charge in [0.2, 0.25) is 0 Å². The van der Waals surface area contributed by atoms with E-state index in [1.165, 1.54) is 12.1 Å². The number of methoxy groups -OCH3 is 1. The SMILES string of the molecule is COc1ccc(F)cc1C1(O)CCCCC1(C)C.